The molecule has 4 fully saturated rings. The van der Waals surface area contributed by atoms with E-state index in [4.69, 9.17) is 4.74 Å². The lowest BCUT2D eigenvalue weighted by Crippen LogP contribution is -2.59. The van der Waals surface area contributed by atoms with Crippen LogP contribution >= 0.6 is 0 Å². The zero-order valence-corrected chi connectivity index (χ0v) is 14.6. The van der Waals surface area contributed by atoms with Crippen LogP contribution in [0.1, 0.15) is 72.1 Å². The highest BCUT2D eigenvalue weighted by Gasteiger charge is 2.52. The van der Waals surface area contributed by atoms with E-state index in [2.05, 4.69) is 10.6 Å². The van der Waals surface area contributed by atoms with Gasteiger partial charge in [-0.3, -0.25) is 4.79 Å². The molecule has 2 amide bonds. The molecule has 23 heavy (non-hydrogen) atoms. The summed E-state index contributed by atoms with van der Waals surface area (Å²) < 4.78 is 5.35. The van der Waals surface area contributed by atoms with Gasteiger partial charge in [-0.05, 0) is 71.1 Å². The molecule has 0 unspecified atom stereocenters. The standard InChI is InChI=1S/C18H30N2O3/c1-17(2,3)23-16(22)19-14(13-6-4-5-7-13)15(21)20-18-9-8-12(10-18)11-18/h12-14H,4-11H2,1-3H3,(H,19,22)(H,20,21)/t12?,14-,18?/m1/s1. The van der Waals surface area contributed by atoms with E-state index in [-0.39, 0.29) is 17.4 Å². The Labute approximate surface area is 138 Å². The number of amides is 2. The molecule has 0 aromatic heterocycles. The van der Waals surface area contributed by atoms with E-state index in [0.717, 1.165) is 50.9 Å². The molecule has 4 aliphatic rings. The van der Waals surface area contributed by atoms with Gasteiger partial charge < -0.3 is 15.4 Å². The van der Waals surface area contributed by atoms with Crippen molar-refractivity contribution in [3.63, 3.8) is 0 Å². The first-order valence-electron chi connectivity index (χ1n) is 9.08. The first kappa shape index (κ1) is 16.6. The van der Waals surface area contributed by atoms with Gasteiger partial charge in [0.25, 0.3) is 0 Å². The van der Waals surface area contributed by atoms with Gasteiger partial charge >= 0.3 is 6.09 Å². The SMILES string of the molecule is CC(C)(C)OC(=O)N[C@@H](C(=O)NC12CCC(C1)C2)C1CCCC1. The number of ether oxygens (including phenoxy) is 1. The molecule has 4 rings (SSSR count). The quantitative estimate of drug-likeness (QED) is 0.835. The average Bonchev–Trinajstić information content (AvgIpc) is 3.08. The Morgan fingerprint density at radius 2 is 1.78 bits per heavy atom. The molecular weight excluding hydrogens is 292 g/mol. The van der Waals surface area contributed by atoms with Crippen LogP contribution in [0.15, 0.2) is 0 Å². The molecule has 5 heteroatoms. The van der Waals surface area contributed by atoms with Gasteiger partial charge in [0.1, 0.15) is 11.6 Å². The lowest BCUT2D eigenvalue weighted by atomic mass is 9.76. The first-order valence-corrected chi connectivity index (χ1v) is 9.08. The van der Waals surface area contributed by atoms with Crippen molar-refractivity contribution in [2.24, 2.45) is 11.8 Å². The molecule has 0 aromatic carbocycles. The van der Waals surface area contributed by atoms with E-state index in [1.807, 2.05) is 20.8 Å². The molecule has 130 valence electrons. The normalized spacial score (nSPS) is 31.3. The summed E-state index contributed by atoms with van der Waals surface area (Å²) in [5.41, 5.74) is -0.527. The molecule has 2 N–H and O–H groups in total. The van der Waals surface area contributed by atoms with Gasteiger partial charge in [-0.2, -0.15) is 0 Å². The molecule has 4 saturated carbocycles. The molecular formula is C18H30N2O3. The number of hydrogen-bond acceptors (Lipinski definition) is 3. The van der Waals surface area contributed by atoms with E-state index in [9.17, 15) is 9.59 Å². The Bertz CT molecular complexity index is 466. The third kappa shape index (κ3) is 3.81. The number of fused-ring (bicyclic) bond motifs is 1. The van der Waals surface area contributed by atoms with E-state index in [0.29, 0.717) is 0 Å². The van der Waals surface area contributed by atoms with Crippen molar-refractivity contribution in [3.8, 4) is 0 Å². The van der Waals surface area contributed by atoms with Crippen LogP contribution in [0.3, 0.4) is 0 Å². The Balaban J connectivity index is 1.62. The van der Waals surface area contributed by atoms with Crippen molar-refractivity contribution in [3.05, 3.63) is 0 Å². The van der Waals surface area contributed by atoms with Gasteiger partial charge in [-0.15, -0.1) is 0 Å². The Morgan fingerprint density at radius 1 is 1.13 bits per heavy atom. The van der Waals surface area contributed by atoms with Gasteiger partial charge in [-0.25, -0.2) is 4.79 Å². The van der Waals surface area contributed by atoms with Crippen LogP contribution < -0.4 is 10.6 Å². The molecule has 0 radical (unpaired) electrons. The largest absolute Gasteiger partial charge is 0.444 e. The van der Waals surface area contributed by atoms with Gasteiger partial charge in [0, 0.05) is 5.54 Å². The van der Waals surface area contributed by atoms with Gasteiger partial charge in [0.2, 0.25) is 5.91 Å². The lowest BCUT2D eigenvalue weighted by Gasteiger charge is -2.40. The lowest BCUT2D eigenvalue weighted by molar-refractivity contribution is -0.127. The third-order valence-electron chi connectivity index (χ3n) is 5.60. The number of carbonyl (C=O) groups excluding carboxylic acids is 2. The Morgan fingerprint density at radius 3 is 2.30 bits per heavy atom. The zero-order chi connectivity index (χ0) is 16.7. The van der Waals surface area contributed by atoms with Crippen LogP contribution in [-0.2, 0) is 9.53 Å². The van der Waals surface area contributed by atoms with E-state index in [1.165, 1.54) is 6.42 Å². The van der Waals surface area contributed by atoms with Crippen LogP contribution in [0, 0.1) is 11.8 Å². The summed E-state index contributed by atoms with van der Waals surface area (Å²) in [6.45, 7) is 5.51. The smallest absolute Gasteiger partial charge is 0.408 e. The molecule has 0 spiro atoms. The highest BCUT2D eigenvalue weighted by molar-refractivity contribution is 5.86. The second-order valence-corrected chi connectivity index (χ2v) is 8.75. The van der Waals surface area contributed by atoms with Crippen molar-refractivity contribution in [1.82, 2.24) is 10.6 Å². The summed E-state index contributed by atoms with van der Waals surface area (Å²) in [7, 11) is 0. The van der Waals surface area contributed by atoms with Crippen LogP contribution in [-0.4, -0.2) is 29.2 Å². The number of carbonyl (C=O) groups is 2. The Hall–Kier alpha value is -1.26. The predicted molar refractivity (Wildman–Crippen MR) is 87.9 cm³/mol. The van der Waals surface area contributed by atoms with Crippen LogP contribution in [0.5, 0.6) is 0 Å². The zero-order valence-electron chi connectivity index (χ0n) is 14.6. The van der Waals surface area contributed by atoms with E-state index in [1.54, 1.807) is 0 Å². The number of hydrogen-bond donors (Lipinski definition) is 2. The van der Waals surface area contributed by atoms with Crippen molar-refractivity contribution in [2.45, 2.75) is 89.3 Å². The summed E-state index contributed by atoms with van der Waals surface area (Å²) in [4.78, 5) is 25.0. The topological polar surface area (TPSA) is 67.4 Å². The van der Waals surface area contributed by atoms with Gasteiger partial charge in [-0.1, -0.05) is 12.8 Å². The summed E-state index contributed by atoms with van der Waals surface area (Å²) in [6, 6.07) is -0.457. The van der Waals surface area contributed by atoms with Crippen molar-refractivity contribution < 1.29 is 14.3 Å². The summed E-state index contributed by atoms with van der Waals surface area (Å²) in [5.74, 6) is 1.03. The maximum atomic E-state index is 12.8. The van der Waals surface area contributed by atoms with Crippen molar-refractivity contribution in [2.75, 3.05) is 0 Å². The van der Waals surface area contributed by atoms with Crippen molar-refractivity contribution >= 4 is 12.0 Å². The first-order chi connectivity index (χ1) is 10.8. The predicted octanol–water partition coefficient (Wildman–Crippen LogP) is 3.13. The van der Waals surface area contributed by atoms with Crippen LogP contribution in [0.2, 0.25) is 0 Å². The molecule has 1 atom stereocenters. The number of rotatable bonds is 4. The van der Waals surface area contributed by atoms with Crippen LogP contribution in [0.25, 0.3) is 0 Å². The molecule has 4 aliphatic carbocycles. The van der Waals surface area contributed by atoms with Crippen molar-refractivity contribution in [1.29, 1.82) is 0 Å². The summed E-state index contributed by atoms with van der Waals surface area (Å²) in [5, 5.41) is 6.11. The molecule has 2 bridgehead atoms. The molecule has 5 nitrogen and oxygen atoms in total. The maximum Gasteiger partial charge on any atom is 0.408 e. The fourth-order valence-electron chi connectivity index (χ4n) is 4.56. The minimum atomic E-state index is -0.549. The molecule has 0 saturated heterocycles. The van der Waals surface area contributed by atoms with E-state index >= 15 is 0 Å². The molecule has 0 aliphatic heterocycles. The average molecular weight is 322 g/mol. The van der Waals surface area contributed by atoms with E-state index < -0.39 is 17.7 Å². The van der Waals surface area contributed by atoms with Gasteiger partial charge in [0.15, 0.2) is 0 Å². The van der Waals surface area contributed by atoms with Gasteiger partial charge in [0.05, 0.1) is 0 Å². The number of nitrogens with one attached hydrogen (secondary N) is 2. The highest BCUT2D eigenvalue weighted by Crippen LogP contribution is 2.51. The molecule has 0 heterocycles. The second kappa shape index (κ2) is 5.99. The maximum absolute atomic E-state index is 12.8. The minimum Gasteiger partial charge on any atom is -0.444 e. The fourth-order valence-corrected chi connectivity index (χ4v) is 4.56. The Kier molecular flexibility index (Phi) is 4.32. The number of alkyl carbamates (subject to hydrolysis) is 1. The minimum absolute atomic E-state index is 0.0110. The summed E-state index contributed by atoms with van der Waals surface area (Å²) >= 11 is 0. The fraction of sp³-hybridized carbons (Fsp3) is 0.889. The summed E-state index contributed by atoms with van der Waals surface area (Å²) in [6.07, 6.45) is 8.34. The molecule has 0 aromatic rings. The monoisotopic (exact) mass is 322 g/mol. The second-order valence-electron chi connectivity index (χ2n) is 8.75. The third-order valence-corrected chi connectivity index (χ3v) is 5.60. The van der Waals surface area contributed by atoms with Crippen LogP contribution in [0.4, 0.5) is 4.79 Å². The highest BCUT2D eigenvalue weighted by atomic mass is 16.6.